The van der Waals surface area contributed by atoms with Gasteiger partial charge in [-0.3, -0.25) is 10.1 Å². The Morgan fingerprint density at radius 3 is 2.53 bits per heavy atom. The minimum Gasteiger partial charge on any atom is -0.480 e. The molecule has 2 unspecified atom stereocenters. The molecule has 0 aromatic heterocycles. The Bertz CT molecular complexity index is 274. The van der Waals surface area contributed by atoms with Gasteiger partial charge in [0, 0.05) is 19.3 Å². The predicted octanol–water partition coefficient (Wildman–Crippen LogP) is 1.79. The fraction of sp³-hybridized carbons (Fsp3) is 0.923. The van der Waals surface area contributed by atoms with Gasteiger partial charge in [0.15, 0.2) is 0 Å². The minimum atomic E-state index is -0.742. The molecule has 1 saturated carbocycles. The molecule has 2 rings (SSSR count). The summed E-state index contributed by atoms with van der Waals surface area (Å²) in [5.41, 5.74) is -0.742. The van der Waals surface area contributed by atoms with Crippen molar-refractivity contribution in [1.82, 2.24) is 5.32 Å². The quantitative estimate of drug-likeness (QED) is 0.791. The highest BCUT2D eigenvalue weighted by molar-refractivity contribution is 5.79. The van der Waals surface area contributed by atoms with Crippen LogP contribution in [0.4, 0.5) is 0 Å². The van der Waals surface area contributed by atoms with Crippen LogP contribution in [0.25, 0.3) is 0 Å². The molecule has 0 aromatic rings. The molecular formula is C13H23NO3. The van der Waals surface area contributed by atoms with Crippen molar-refractivity contribution in [3.05, 3.63) is 0 Å². The highest BCUT2D eigenvalue weighted by Gasteiger charge is 2.42. The molecule has 4 nitrogen and oxygen atoms in total. The van der Waals surface area contributed by atoms with Gasteiger partial charge in [-0.05, 0) is 31.6 Å². The molecule has 2 aliphatic rings. The van der Waals surface area contributed by atoms with Gasteiger partial charge in [-0.1, -0.05) is 19.8 Å². The zero-order chi connectivity index (χ0) is 12.3. The molecule has 98 valence electrons. The Labute approximate surface area is 103 Å². The van der Waals surface area contributed by atoms with Gasteiger partial charge >= 0.3 is 5.97 Å². The van der Waals surface area contributed by atoms with Crippen LogP contribution < -0.4 is 5.32 Å². The van der Waals surface area contributed by atoms with E-state index in [0.29, 0.717) is 38.0 Å². The average molecular weight is 241 g/mol. The first-order valence-electron chi connectivity index (χ1n) is 6.73. The number of hydrogen-bond donors (Lipinski definition) is 2. The number of hydrogen-bond acceptors (Lipinski definition) is 3. The molecule has 0 bridgehead atoms. The lowest BCUT2D eigenvalue weighted by Gasteiger charge is -2.40. The Hall–Kier alpha value is -0.610. The van der Waals surface area contributed by atoms with Gasteiger partial charge in [-0.2, -0.15) is 0 Å². The Kier molecular flexibility index (Phi) is 4.05. The second kappa shape index (κ2) is 5.36. The summed E-state index contributed by atoms with van der Waals surface area (Å²) in [7, 11) is 0. The first-order chi connectivity index (χ1) is 8.14. The van der Waals surface area contributed by atoms with Gasteiger partial charge in [0.1, 0.15) is 5.54 Å². The van der Waals surface area contributed by atoms with E-state index >= 15 is 0 Å². The van der Waals surface area contributed by atoms with E-state index in [1.165, 1.54) is 19.3 Å². The number of carboxylic acid groups (broad SMARTS) is 1. The maximum absolute atomic E-state index is 11.5. The standard InChI is InChI=1S/C13H23NO3/c1-10-4-2-3-5-11(10)14-13(12(15)16)6-8-17-9-7-13/h10-11,14H,2-9H2,1H3,(H,15,16). The fourth-order valence-corrected chi connectivity index (χ4v) is 3.03. The molecule has 1 aliphatic heterocycles. The Balaban J connectivity index is 2.03. The summed E-state index contributed by atoms with van der Waals surface area (Å²) in [5.74, 6) is -0.124. The molecule has 0 radical (unpaired) electrons. The predicted molar refractivity (Wildman–Crippen MR) is 65.0 cm³/mol. The van der Waals surface area contributed by atoms with Crippen LogP contribution in [0.1, 0.15) is 45.4 Å². The van der Waals surface area contributed by atoms with Gasteiger partial charge in [-0.25, -0.2) is 0 Å². The molecule has 17 heavy (non-hydrogen) atoms. The molecular weight excluding hydrogens is 218 g/mol. The zero-order valence-corrected chi connectivity index (χ0v) is 10.6. The van der Waals surface area contributed by atoms with Crippen LogP contribution in [0.3, 0.4) is 0 Å². The third kappa shape index (κ3) is 2.80. The molecule has 1 aliphatic carbocycles. The third-order valence-electron chi connectivity index (χ3n) is 4.33. The van der Waals surface area contributed by atoms with E-state index in [1.54, 1.807) is 0 Å². The van der Waals surface area contributed by atoms with E-state index in [1.807, 2.05) is 0 Å². The van der Waals surface area contributed by atoms with Crippen LogP contribution in [0.15, 0.2) is 0 Å². The van der Waals surface area contributed by atoms with E-state index in [9.17, 15) is 9.90 Å². The van der Waals surface area contributed by atoms with Gasteiger partial charge in [-0.15, -0.1) is 0 Å². The van der Waals surface area contributed by atoms with E-state index < -0.39 is 11.5 Å². The number of ether oxygens (including phenoxy) is 1. The fourth-order valence-electron chi connectivity index (χ4n) is 3.03. The summed E-state index contributed by atoms with van der Waals surface area (Å²) in [5, 5.41) is 12.9. The van der Waals surface area contributed by atoms with E-state index in [0.717, 1.165) is 6.42 Å². The second-order valence-electron chi connectivity index (χ2n) is 5.51. The van der Waals surface area contributed by atoms with Crippen LogP contribution in [0.5, 0.6) is 0 Å². The Morgan fingerprint density at radius 2 is 1.94 bits per heavy atom. The van der Waals surface area contributed by atoms with Gasteiger partial charge in [0.2, 0.25) is 0 Å². The van der Waals surface area contributed by atoms with Crippen molar-refractivity contribution in [2.24, 2.45) is 5.92 Å². The lowest BCUT2D eigenvalue weighted by Crippen LogP contribution is -2.60. The highest BCUT2D eigenvalue weighted by atomic mass is 16.5. The molecule has 2 atom stereocenters. The van der Waals surface area contributed by atoms with Crippen molar-refractivity contribution in [2.75, 3.05) is 13.2 Å². The normalized spacial score (nSPS) is 33.2. The molecule has 2 N–H and O–H groups in total. The summed E-state index contributed by atoms with van der Waals surface area (Å²) in [4.78, 5) is 11.5. The lowest BCUT2D eigenvalue weighted by molar-refractivity contribution is -0.150. The highest BCUT2D eigenvalue weighted by Crippen LogP contribution is 2.29. The third-order valence-corrected chi connectivity index (χ3v) is 4.33. The number of aliphatic carboxylic acids is 1. The van der Waals surface area contributed by atoms with Crippen LogP contribution in [0, 0.1) is 5.92 Å². The largest absolute Gasteiger partial charge is 0.480 e. The van der Waals surface area contributed by atoms with E-state index in [2.05, 4.69) is 12.2 Å². The molecule has 0 spiro atoms. The number of carboxylic acids is 1. The van der Waals surface area contributed by atoms with Crippen molar-refractivity contribution in [3.63, 3.8) is 0 Å². The maximum Gasteiger partial charge on any atom is 0.324 e. The topological polar surface area (TPSA) is 58.6 Å². The summed E-state index contributed by atoms with van der Waals surface area (Å²) in [6.45, 7) is 3.34. The number of carbonyl (C=O) groups is 1. The summed E-state index contributed by atoms with van der Waals surface area (Å²) < 4.78 is 5.29. The maximum atomic E-state index is 11.5. The molecule has 4 heteroatoms. The molecule has 1 heterocycles. The van der Waals surface area contributed by atoms with Crippen LogP contribution in [-0.4, -0.2) is 35.9 Å². The molecule has 1 saturated heterocycles. The molecule has 0 aromatic carbocycles. The first-order valence-corrected chi connectivity index (χ1v) is 6.73. The van der Waals surface area contributed by atoms with Crippen molar-refractivity contribution < 1.29 is 14.6 Å². The summed E-state index contributed by atoms with van der Waals surface area (Å²) in [6.07, 6.45) is 5.99. The van der Waals surface area contributed by atoms with Crippen molar-refractivity contribution in [1.29, 1.82) is 0 Å². The molecule has 2 fully saturated rings. The van der Waals surface area contributed by atoms with E-state index in [4.69, 9.17) is 4.74 Å². The first kappa shape index (κ1) is 12.8. The lowest BCUT2D eigenvalue weighted by atomic mass is 9.82. The van der Waals surface area contributed by atoms with Crippen molar-refractivity contribution in [2.45, 2.75) is 57.0 Å². The second-order valence-corrected chi connectivity index (χ2v) is 5.51. The molecule has 0 amide bonds. The van der Waals surface area contributed by atoms with Crippen LogP contribution in [0.2, 0.25) is 0 Å². The van der Waals surface area contributed by atoms with Crippen molar-refractivity contribution in [3.8, 4) is 0 Å². The summed E-state index contributed by atoms with van der Waals surface area (Å²) in [6, 6.07) is 0.359. The van der Waals surface area contributed by atoms with Crippen LogP contribution >= 0.6 is 0 Å². The van der Waals surface area contributed by atoms with Gasteiger partial charge < -0.3 is 9.84 Å². The van der Waals surface area contributed by atoms with Crippen molar-refractivity contribution >= 4 is 5.97 Å². The summed E-state index contributed by atoms with van der Waals surface area (Å²) >= 11 is 0. The smallest absolute Gasteiger partial charge is 0.324 e. The number of rotatable bonds is 3. The minimum absolute atomic E-state index is 0.359. The monoisotopic (exact) mass is 241 g/mol. The average Bonchev–Trinajstić information content (AvgIpc) is 2.33. The van der Waals surface area contributed by atoms with Gasteiger partial charge in [0.05, 0.1) is 0 Å². The SMILES string of the molecule is CC1CCCCC1NC1(C(=O)O)CCOCC1. The van der Waals surface area contributed by atoms with Gasteiger partial charge in [0.25, 0.3) is 0 Å². The zero-order valence-electron chi connectivity index (χ0n) is 10.6. The number of nitrogens with one attached hydrogen (secondary N) is 1. The Morgan fingerprint density at radius 1 is 1.29 bits per heavy atom. The van der Waals surface area contributed by atoms with E-state index in [-0.39, 0.29) is 0 Å². The van der Waals surface area contributed by atoms with Crippen LogP contribution in [-0.2, 0) is 9.53 Å².